The summed E-state index contributed by atoms with van der Waals surface area (Å²) in [6.07, 6.45) is 0. The van der Waals surface area contributed by atoms with E-state index in [2.05, 4.69) is 9.69 Å². The van der Waals surface area contributed by atoms with Crippen molar-refractivity contribution in [3.8, 4) is 5.75 Å². The molecule has 0 radical (unpaired) electrons. The van der Waals surface area contributed by atoms with Gasteiger partial charge in [0.25, 0.3) is 11.8 Å². The first-order chi connectivity index (χ1) is 15.3. The molecular weight excluding hydrogens is 450 g/mol. The van der Waals surface area contributed by atoms with Crippen molar-refractivity contribution in [2.75, 3.05) is 12.8 Å². The van der Waals surface area contributed by atoms with Gasteiger partial charge in [0.15, 0.2) is 5.69 Å². The third-order valence-corrected chi connectivity index (χ3v) is 6.51. The molecule has 0 aliphatic carbocycles. The number of amides is 3. The summed E-state index contributed by atoms with van der Waals surface area (Å²) in [5.74, 6) is -0.913. The predicted octanol–water partition coefficient (Wildman–Crippen LogP) is 2.24. The fourth-order valence-corrected chi connectivity index (χ4v) is 4.40. The average molecular weight is 474 g/mol. The van der Waals surface area contributed by atoms with E-state index in [0.717, 1.165) is 27.7 Å². The highest BCUT2D eigenvalue weighted by atomic mass is 32.1. The molecule has 1 aromatic carbocycles. The van der Waals surface area contributed by atoms with Gasteiger partial charge >= 0.3 is 0 Å². The van der Waals surface area contributed by atoms with Crippen molar-refractivity contribution in [3.63, 3.8) is 0 Å². The first-order valence-corrected chi connectivity index (χ1v) is 11.3. The summed E-state index contributed by atoms with van der Waals surface area (Å²) in [4.78, 5) is 40.0. The fourth-order valence-electron chi connectivity index (χ4n) is 2.94. The highest BCUT2D eigenvalue weighted by Gasteiger charge is 2.31. The van der Waals surface area contributed by atoms with Gasteiger partial charge in [0.2, 0.25) is 5.91 Å². The molecule has 0 saturated heterocycles. The maximum absolute atomic E-state index is 13.3. The van der Waals surface area contributed by atoms with Crippen LogP contribution in [0.4, 0.5) is 5.69 Å². The van der Waals surface area contributed by atoms with Crippen molar-refractivity contribution in [3.05, 3.63) is 62.8 Å². The van der Waals surface area contributed by atoms with Gasteiger partial charge in [-0.3, -0.25) is 14.4 Å². The van der Waals surface area contributed by atoms with E-state index in [-0.39, 0.29) is 28.7 Å². The third-order valence-electron chi connectivity index (χ3n) is 4.80. The third kappa shape index (κ3) is 5.24. The van der Waals surface area contributed by atoms with Gasteiger partial charge in [0.1, 0.15) is 16.7 Å². The number of ether oxygens (including phenoxy) is 1. The number of hydrogen-bond donors (Lipinski definition) is 3. The Morgan fingerprint density at radius 3 is 2.50 bits per heavy atom. The van der Waals surface area contributed by atoms with Gasteiger partial charge in [-0.2, -0.15) is 4.37 Å². The number of nitrogens with zero attached hydrogens (tertiary/aromatic N) is 2. The van der Waals surface area contributed by atoms with Crippen LogP contribution in [0, 0.1) is 0 Å². The average Bonchev–Trinajstić information content (AvgIpc) is 3.44. The highest BCUT2D eigenvalue weighted by molar-refractivity contribution is 7.10. The molecule has 0 spiro atoms. The van der Waals surface area contributed by atoms with E-state index in [9.17, 15) is 14.4 Å². The standard InChI is InChI=1S/C21H23N5O4S2/c1-12(20(28)24-10-13-5-7-14(30-2)8-6-13)26(11-15-4-3-9-31-15)21(29)18-16(22)17(19(23)27)25-32-18/h3-9,12H,10-11,22H2,1-2H3,(H2,23,27)(H,24,28)/t12-/m0/s1. The van der Waals surface area contributed by atoms with Crippen molar-refractivity contribution in [2.24, 2.45) is 5.73 Å². The first-order valence-electron chi connectivity index (χ1n) is 9.60. The maximum Gasteiger partial charge on any atom is 0.270 e. The van der Waals surface area contributed by atoms with E-state index in [0.29, 0.717) is 6.54 Å². The molecule has 2 heterocycles. The topological polar surface area (TPSA) is 141 Å². The van der Waals surface area contributed by atoms with Crippen LogP contribution >= 0.6 is 22.9 Å². The van der Waals surface area contributed by atoms with Gasteiger partial charge in [0.05, 0.1) is 19.3 Å². The van der Waals surface area contributed by atoms with Gasteiger partial charge in [-0.15, -0.1) is 11.3 Å². The molecule has 168 valence electrons. The number of thiophene rings is 1. The number of methoxy groups -OCH3 is 1. The van der Waals surface area contributed by atoms with E-state index < -0.39 is 17.9 Å². The number of nitrogens with two attached hydrogens (primary N) is 2. The molecular formula is C21H23N5O4S2. The Bertz CT molecular complexity index is 1100. The van der Waals surface area contributed by atoms with Gasteiger partial charge in [-0.05, 0) is 47.6 Å². The van der Waals surface area contributed by atoms with Crippen LogP contribution in [0.25, 0.3) is 0 Å². The lowest BCUT2D eigenvalue weighted by atomic mass is 10.2. The molecule has 0 fully saturated rings. The highest BCUT2D eigenvalue weighted by Crippen LogP contribution is 2.26. The summed E-state index contributed by atoms with van der Waals surface area (Å²) < 4.78 is 9.03. The zero-order chi connectivity index (χ0) is 23.3. The molecule has 32 heavy (non-hydrogen) atoms. The quantitative estimate of drug-likeness (QED) is 0.435. The van der Waals surface area contributed by atoms with E-state index in [1.165, 1.54) is 16.2 Å². The largest absolute Gasteiger partial charge is 0.497 e. The van der Waals surface area contributed by atoms with E-state index in [1.54, 1.807) is 26.2 Å². The Kier molecular flexibility index (Phi) is 7.44. The SMILES string of the molecule is COc1ccc(CNC(=O)[C@H](C)N(Cc2cccs2)C(=O)c2snc(C(N)=O)c2N)cc1. The molecule has 0 unspecified atom stereocenters. The van der Waals surface area contributed by atoms with Crippen molar-refractivity contribution >= 4 is 46.3 Å². The van der Waals surface area contributed by atoms with Gasteiger partial charge in [-0.25, -0.2) is 0 Å². The van der Waals surface area contributed by atoms with Crippen molar-refractivity contribution in [1.29, 1.82) is 0 Å². The van der Waals surface area contributed by atoms with Crippen LogP contribution in [-0.2, 0) is 17.9 Å². The number of benzene rings is 1. The minimum absolute atomic E-state index is 0.0742. The number of carbonyl (C=O) groups excluding carboxylic acids is 3. The molecule has 0 bridgehead atoms. The van der Waals surface area contributed by atoms with Crippen molar-refractivity contribution < 1.29 is 19.1 Å². The van der Waals surface area contributed by atoms with Crippen LogP contribution in [0.3, 0.4) is 0 Å². The normalized spacial score (nSPS) is 11.6. The molecule has 11 heteroatoms. The Labute approximate surface area is 193 Å². The summed E-state index contributed by atoms with van der Waals surface area (Å²) in [5, 5.41) is 4.74. The second-order valence-corrected chi connectivity index (χ2v) is 8.70. The van der Waals surface area contributed by atoms with Crippen LogP contribution in [-0.4, -0.2) is 40.1 Å². The van der Waals surface area contributed by atoms with E-state index in [1.807, 2.05) is 29.6 Å². The molecule has 0 saturated carbocycles. The summed E-state index contributed by atoms with van der Waals surface area (Å²) in [7, 11) is 1.58. The summed E-state index contributed by atoms with van der Waals surface area (Å²) in [6, 6.07) is 10.2. The summed E-state index contributed by atoms with van der Waals surface area (Å²) in [5.41, 5.74) is 11.9. The Balaban J connectivity index is 1.78. The Morgan fingerprint density at radius 1 is 1.22 bits per heavy atom. The van der Waals surface area contributed by atoms with Gasteiger partial charge < -0.3 is 26.4 Å². The Hall–Kier alpha value is -3.44. The second kappa shape index (κ2) is 10.2. The lowest BCUT2D eigenvalue weighted by molar-refractivity contribution is -0.125. The minimum atomic E-state index is -0.812. The van der Waals surface area contributed by atoms with Crippen LogP contribution in [0.5, 0.6) is 5.75 Å². The first kappa shape index (κ1) is 23.2. The monoisotopic (exact) mass is 473 g/mol. The smallest absolute Gasteiger partial charge is 0.270 e. The molecule has 3 amide bonds. The molecule has 0 aliphatic rings. The number of anilines is 1. The lowest BCUT2D eigenvalue weighted by Gasteiger charge is -2.28. The maximum atomic E-state index is 13.3. The van der Waals surface area contributed by atoms with Gasteiger partial charge in [0, 0.05) is 11.4 Å². The number of nitrogens with one attached hydrogen (secondary N) is 1. The van der Waals surface area contributed by atoms with Crippen LogP contribution < -0.4 is 21.5 Å². The molecule has 2 aromatic heterocycles. The summed E-state index contributed by atoms with van der Waals surface area (Å²) in [6.45, 7) is 2.14. The number of primary amides is 1. The minimum Gasteiger partial charge on any atom is -0.497 e. The molecule has 0 aliphatic heterocycles. The number of carbonyl (C=O) groups is 3. The molecule has 3 rings (SSSR count). The Morgan fingerprint density at radius 2 is 1.94 bits per heavy atom. The number of aromatic nitrogens is 1. The molecule has 9 nitrogen and oxygen atoms in total. The van der Waals surface area contributed by atoms with Crippen LogP contribution in [0.2, 0.25) is 0 Å². The van der Waals surface area contributed by atoms with E-state index in [4.69, 9.17) is 16.2 Å². The summed E-state index contributed by atoms with van der Waals surface area (Å²) >= 11 is 2.26. The van der Waals surface area contributed by atoms with Crippen molar-refractivity contribution in [2.45, 2.75) is 26.1 Å². The van der Waals surface area contributed by atoms with E-state index >= 15 is 0 Å². The zero-order valence-corrected chi connectivity index (χ0v) is 19.2. The van der Waals surface area contributed by atoms with Gasteiger partial charge in [-0.1, -0.05) is 18.2 Å². The lowest BCUT2D eigenvalue weighted by Crippen LogP contribution is -2.47. The van der Waals surface area contributed by atoms with Crippen molar-refractivity contribution in [1.82, 2.24) is 14.6 Å². The van der Waals surface area contributed by atoms with Crippen LogP contribution in [0.15, 0.2) is 41.8 Å². The fraction of sp³-hybridized carbons (Fsp3) is 0.238. The zero-order valence-electron chi connectivity index (χ0n) is 17.5. The van der Waals surface area contributed by atoms with Crippen LogP contribution in [0.1, 0.15) is 37.5 Å². The predicted molar refractivity (Wildman–Crippen MR) is 124 cm³/mol. The molecule has 5 N–H and O–H groups in total. The molecule has 1 atom stereocenters. The second-order valence-electron chi connectivity index (χ2n) is 6.89. The molecule has 3 aromatic rings. The number of rotatable bonds is 9. The number of hydrogen-bond acceptors (Lipinski definition) is 8. The number of nitrogen functional groups attached to an aromatic ring is 1.